The van der Waals surface area contributed by atoms with Crippen LogP contribution in [-0.2, 0) is 0 Å². The number of halogens is 2. The fourth-order valence-electron chi connectivity index (χ4n) is 1.79. The molecule has 0 fully saturated rings. The number of nitrogens with one attached hydrogen (secondary N) is 1. The van der Waals surface area contributed by atoms with Crippen molar-refractivity contribution >= 4 is 22.0 Å². The van der Waals surface area contributed by atoms with Crippen LogP contribution in [0.25, 0.3) is 0 Å². The topological polar surface area (TPSA) is 32.3 Å². The fraction of sp³-hybridized carbons (Fsp3) is 0.357. The van der Waals surface area contributed by atoms with Crippen molar-refractivity contribution in [2.45, 2.75) is 19.9 Å². The first-order chi connectivity index (χ1) is 8.95. The summed E-state index contributed by atoms with van der Waals surface area (Å²) in [6.45, 7) is 8.44. The molecule has 1 aromatic carbocycles. The lowest BCUT2D eigenvalue weighted by Crippen LogP contribution is -2.41. The molecule has 1 unspecified atom stereocenters. The number of rotatable bonds is 5. The van der Waals surface area contributed by atoms with Crippen LogP contribution in [0.5, 0.6) is 0 Å². The number of benzene rings is 1. The lowest BCUT2D eigenvalue weighted by Gasteiger charge is -2.28. The standard InChI is InChI=1S/C14H18BrFN2O/c1-4-18(14(19)17-9-10(2)15)11(3)12-5-7-13(16)8-6-12/h5-8,11H,2,4,9H2,1,3H3,(H,17,19). The molecule has 0 radical (unpaired) electrons. The van der Waals surface area contributed by atoms with E-state index in [4.69, 9.17) is 0 Å². The van der Waals surface area contributed by atoms with E-state index in [1.54, 1.807) is 17.0 Å². The van der Waals surface area contributed by atoms with Gasteiger partial charge in [-0.15, -0.1) is 0 Å². The first-order valence-corrected chi connectivity index (χ1v) is 6.88. The molecule has 0 saturated carbocycles. The van der Waals surface area contributed by atoms with Gasteiger partial charge in [0.15, 0.2) is 0 Å². The second-order valence-electron chi connectivity index (χ2n) is 4.19. The van der Waals surface area contributed by atoms with Crippen LogP contribution in [-0.4, -0.2) is 24.0 Å². The molecule has 1 rings (SSSR count). The summed E-state index contributed by atoms with van der Waals surface area (Å²) in [7, 11) is 0. The minimum absolute atomic E-state index is 0.116. The van der Waals surface area contributed by atoms with Crippen LogP contribution in [0, 0.1) is 5.82 Å². The second-order valence-corrected chi connectivity index (χ2v) is 5.31. The molecule has 0 aliphatic heterocycles. The highest BCUT2D eigenvalue weighted by Gasteiger charge is 2.19. The summed E-state index contributed by atoms with van der Waals surface area (Å²) >= 11 is 3.19. The van der Waals surface area contributed by atoms with Gasteiger partial charge in [0.1, 0.15) is 5.82 Å². The molecule has 0 spiro atoms. The van der Waals surface area contributed by atoms with Crippen molar-refractivity contribution in [3.63, 3.8) is 0 Å². The van der Waals surface area contributed by atoms with Crippen LogP contribution in [0.4, 0.5) is 9.18 Å². The Morgan fingerprint density at radius 3 is 2.53 bits per heavy atom. The molecule has 19 heavy (non-hydrogen) atoms. The maximum absolute atomic E-state index is 12.9. The second kappa shape index (κ2) is 7.28. The summed E-state index contributed by atoms with van der Waals surface area (Å²) in [4.78, 5) is 13.7. The van der Waals surface area contributed by atoms with Crippen LogP contribution in [0.15, 0.2) is 35.3 Å². The van der Waals surface area contributed by atoms with E-state index in [9.17, 15) is 9.18 Å². The summed E-state index contributed by atoms with van der Waals surface area (Å²) in [6.07, 6.45) is 0. The van der Waals surface area contributed by atoms with E-state index in [-0.39, 0.29) is 17.9 Å². The summed E-state index contributed by atoms with van der Waals surface area (Å²) in [6, 6.07) is 5.91. The Bertz CT molecular complexity index is 447. The monoisotopic (exact) mass is 328 g/mol. The van der Waals surface area contributed by atoms with E-state index in [1.165, 1.54) is 12.1 Å². The van der Waals surface area contributed by atoms with Crippen LogP contribution in [0.1, 0.15) is 25.5 Å². The van der Waals surface area contributed by atoms with E-state index in [1.807, 2.05) is 13.8 Å². The number of carbonyl (C=O) groups excluding carboxylic acids is 1. The molecule has 5 heteroatoms. The largest absolute Gasteiger partial charge is 0.333 e. The van der Waals surface area contributed by atoms with Crippen molar-refractivity contribution < 1.29 is 9.18 Å². The highest BCUT2D eigenvalue weighted by Crippen LogP contribution is 2.20. The normalized spacial score (nSPS) is 11.8. The Balaban J connectivity index is 2.75. The first-order valence-electron chi connectivity index (χ1n) is 6.09. The van der Waals surface area contributed by atoms with Crippen molar-refractivity contribution in [1.82, 2.24) is 10.2 Å². The smallest absolute Gasteiger partial charge is 0.318 e. The molecule has 0 heterocycles. The average molecular weight is 329 g/mol. The molecular formula is C14H18BrFN2O. The molecule has 0 aromatic heterocycles. The van der Waals surface area contributed by atoms with Crippen LogP contribution in [0.3, 0.4) is 0 Å². The van der Waals surface area contributed by atoms with E-state index in [2.05, 4.69) is 27.8 Å². The van der Waals surface area contributed by atoms with Gasteiger partial charge in [0, 0.05) is 11.0 Å². The fourth-order valence-corrected chi connectivity index (χ4v) is 1.93. The third kappa shape index (κ3) is 4.67. The Hall–Kier alpha value is -1.36. The first kappa shape index (κ1) is 15.7. The molecule has 0 aliphatic carbocycles. The van der Waals surface area contributed by atoms with Gasteiger partial charge in [0.05, 0.1) is 12.6 Å². The zero-order valence-electron chi connectivity index (χ0n) is 11.1. The Labute approximate surface area is 121 Å². The predicted molar refractivity (Wildman–Crippen MR) is 78.7 cm³/mol. The number of hydrogen-bond donors (Lipinski definition) is 1. The van der Waals surface area contributed by atoms with Crippen molar-refractivity contribution in [2.75, 3.05) is 13.1 Å². The zero-order valence-corrected chi connectivity index (χ0v) is 12.7. The van der Waals surface area contributed by atoms with Crippen molar-refractivity contribution in [1.29, 1.82) is 0 Å². The predicted octanol–water partition coefficient (Wildman–Crippen LogP) is 3.83. The quantitative estimate of drug-likeness (QED) is 0.875. The van der Waals surface area contributed by atoms with Crippen molar-refractivity contribution in [2.24, 2.45) is 0 Å². The molecule has 1 atom stereocenters. The highest BCUT2D eigenvalue weighted by molar-refractivity contribution is 9.11. The average Bonchev–Trinajstić information content (AvgIpc) is 2.37. The van der Waals surface area contributed by atoms with Gasteiger partial charge in [-0.1, -0.05) is 34.6 Å². The van der Waals surface area contributed by atoms with Crippen LogP contribution >= 0.6 is 15.9 Å². The minimum atomic E-state index is -0.279. The van der Waals surface area contributed by atoms with Gasteiger partial charge in [-0.25, -0.2) is 9.18 Å². The summed E-state index contributed by atoms with van der Waals surface area (Å²) < 4.78 is 13.6. The number of carbonyl (C=O) groups is 1. The Kier molecular flexibility index (Phi) is 6.02. The van der Waals surface area contributed by atoms with Gasteiger partial charge < -0.3 is 10.2 Å². The highest BCUT2D eigenvalue weighted by atomic mass is 79.9. The van der Waals surface area contributed by atoms with Crippen molar-refractivity contribution in [3.05, 3.63) is 46.7 Å². The molecule has 3 nitrogen and oxygen atoms in total. The molecule has 0 saturated heterocycles. The maximum atomic E-state index is 12.9. The lowest BCUT2D eigenvalue weighted by molar-refractivity contribution is 0.184. The van der Waals surface area contributed by atoms with Crippen LogP contribution in [0.2, 0.25) is 0 Å². The zero-order chi connectivity index (χ0) is 14.4. The summed E-state index contributed by atoms with van der Waals surface area (Å²) in [5.41, 5.74) is 0.899. The van der Waals surface area contributed by atoms with Crippen LogP contribution < -0.4 is 5.32 Å². The Morgan fingerprint density at radius 2 is 2.05 bits per heavy atom. The van der Waals surface area contributed by atoms with Gasteiger partial charge in [-0.2, -0.15) is 0 Å². The van der Waals surface area contributed by atoms with Gasteiger partial charge in [-0.3, -0.25) is 0 Å². The third-order valence-corrected chi connectivity index (χ3v) is 3.13. The molecule has 0 aliphatic rings. The van der Waals surface area contributed by atoms with Gasteiger partial charge in [0.2, 0.25) is 0 Å². The number of urea groups is 1. The summed E-state index contributed by atoms with van der Waals surface area (Å²) in [5, 5.41) is 2.76. The molecule has 104 valence electrons. The maximum Gasteiger partial charge on any atom is 0.318 e. The van der Waals surface area contributed by atoms with Gasteiger partial charge >= 0.3 is 6.03 Å². The minimum Gasteiger partial charge on any atom is -0.333 e. The molecule has 2 amide bonds. The lowest BCUT2D eigenvalue weighted by atomic mass is 10.1. The molecule has 1 N–H and O–H groups in total. The van der Waals surface area contributed by atoms with E-state index < -0.39 is 0 Å². The van der Waals surface area contributed by atoms with E-state index in [0.29, 0.717) is 17.6 Å². The number of amides is 2. The SMILES string of the molecule is C=C(Br)CNC(=O)N(CC)C(C)c1ccc(F)cc1. The Morgan fingerprint density at radius 1 is 1.47 bits per heavy atom. The van der Waals surface area contributed by atoms with E-state index in [0.717, 1.165) is 5.56 Å². The third-order valence-electron chi connectivity index (χ3n) is 2.85. The molecular weight excluding hydrogens is 311 g/mol. The van der Waals surface area contributed by atoms with Crippen molar-refractivity contribution in [3.8, 4) is 0 Å². The molecule has 1 aromatic rings. The summed E-state index contributed by atoms with van der Waals surface area (Å²) in [5.74, 6) is -0.279. The molecule has 0 bridgehead atoms. The van der Waals surface area contributed by atoms with Gasteiger partial charge in [-0.05, 0) is 31.5 Å². The van der Waals surface area contributed by atoms with Gasteiger partial charge in [0.25, 0.3) is 0 Å². The number of nitrogens with zero attached hydrogens (tertiary/aromatic N) is 1. The number of hydrogen-bond acceptors (Lipinski definition) is 1. The van der Waals surface area contributed by atoms with E-state index >= 15 is 0 Å².